The lowest BCUT2D eigenvalue weighted by atomic mass is 9.94. The van der Waals surface area contributed by atoms with E-state index in [1.165, 1.54) is 0 Å². The van der Waals surface area contributed by atoms with E-state index in [0.717, 1.165) is 36.9 Å². The van der Waals surface area contributed by atoms with E-state index in [2.05, 4.69) is 31.9 Å². The largest absolute Gasteiger partial charge is 0.496 e. The molecule has 4 heteroatoms. The van der Waals surface area contributed by atoms with Crippen LogP contribution in [0.2, 0.25) is 0 Å². The first-order chi connectivity index (χ1) is 9.45. The number of methoxy groups -OCH3 is 1. The van der Waals surface area contributed by atoms with Crippen molar-refractivity contribution in [1.82, 2.24) is 0 Å². The molecule has 2 aromatic rings. The highest BCUT2D eigenvalue weighted by atomic mass is 79.9. The molecular formula is C16H16Br2O2. The second kappa shape index (κ2) is 6.29. The van der Waals surface area contributed by atoms with Crippen molar-refractivity contribution in [2.45, 2.75) is 20.0 Å². The summed E-state index contributed by atoms with van der Waals surface area (Å²) in [6, 6.07) is 9.66. The summed E-state index contributed by atoms with van der Waals surface area (Å²) in [5.74, 6) is 0.737. The van der Waals surface area contributed by atoms with Gasteiger partial charge in [0.05, 0.1) is 7.11 Å². The third-order valence-electron chi connectivity index (χ3n) is 3.37. The van der Waals surface area contributed by atoms with Gasteiger partial charge in [-0.15, -0.1) is 0 Å². The Hall–Kier alpha value is -0.840. The first-order valence-electron chi connectivity index (χ1n) is 6.22. The lowest BCUT2D eigenvalue weighted by Gasteiger charge is -2.20. The fourth-order valence-electron chi connectivity index (χ4n) is 2.29. The van der Waals surface area contributed by atoms with Crippen LogP contribution in [0.4, 0.5) is 0 Å². The van der Waals surface area contributed by atoms with Crippen molar-refractivity contribution in [3.63, 3.8) is 0 Å². The summed E-state index contributed by atoms with van der Waals surface area (Å²) in [6.07, 6.45) is -0.714. The van der Waals surface area contributed by atoms with Gasteiger partial charge in [-0.1, -0.05) is 44.0 Å². The standard InChI is InChI=1S/C16H16Br2O2/c1-9-8-13(18)10(2)14(16(9)20-3)15(19)11-4-6-12(17)7-5-11/h4-8,15,19H,1-3H3. The highest BCUT2D eigenvalue weighted by molar-refractivity contribution is 9.10. The second-order valence-electron chi connectivity index (χ2n) is 4.70. The molecule has 0 spiro atoms. The molecule has 0 radical (unpaired) electrons. The molecule has 0 aliphatic rings. The van der Waals surface area contributed by atoms with Crippen LogP contribution in [-0.4, -0.2) is 12.2 Å². The predicted octanol–water partition coefficient (Wildman–Crippen LogP) is 4.92. The highest BCUT2D eigenvalue weighted by Gasteiger charge is 2.21. The Morgan fingerprint density at radius 3 is 2.25 bits per heavy atom. The Kier molecular flexibility index (Phi) is 4.89. The molecule has 0 aromatic heterocycles. The average Bonchev–Trinajstić information content (AvgIpc) is 2.42. The number of aryl methyl sites for hydroxylation is 1. The molecule has 0 amide bonds. The first-order valence-corrected chi connectivity index (χ1v) is 7.81. The van der Waals surface area contributed by atoms with Crippen LogP contribution < -0.4 is 4.74 Å². The molecule has 2 rings (SSSR count). The lowest BCUT2D eigenvalue weighted by molar-refractivity contribution is 0.213. The molecule has 0 aliphatic heterocycles. The van der Waals surface area contributed by atoms with E-state index in [1.54, 1.807) is 7.11 Å². The fourth-order valence-corrected chi connectivity index (χ4v) is 3.11. The molecule has 20 heavy (non-hydrogen) atoms. The highest BCUT2D eigenvalue weighted by Crippen LogP contribution is 2.38. The number of hydrogen-bond donors (Lipinski definition) is 1. The van der Waals surface area contributed by atoms with Crippen LogP contribution in [0.3, 0.4) is 0 Å². The number of rotatable bonds is 3. The summed E-state index contributed by atoms with van der Waals surface area (Å²) in [5.41, 5.74) is 3.63. The SMILES string of the molecule is COc1c(C)cc(Br)c(C)c1C(O)c1ccc(Br)cc1. The number of aliphatic hydroxyl groups is 1. The molecule has 0 bridgehead atoms. The number of ether oxygens (including phenoxy) is 1. The van der Waals surface area contributed by atoms with Crippen molar-refractivity contribution >= 4 is 31.9 Å². The Morgan fingerprint density at radius 2 is 1.70 bits per heavy atom. The monoisotopic (exact) mass is 398 g/mol. The third kappa shape index (κ3) is 2.92. The topological polar surface area (TPSA) is 29.5 Å². The number of hydrogen-bond acceptors (Lipinski definition) is 2. The molecule has 2 nitrogen and oxygen atoms in total. The molecule has 0 aliphatic carbocycles. The second-order valence-corrected chi connectivity index (χ2v) is 6.47. The molecule has 0 saturated heterocycles. The van der Waals surface area contributed by atoms with Crippen molar-refractivity contribution < 1.29 is 9.84 Å². The van der Waals surface area contributed by atoms with Gasteiger partial charge in [-0.25, -0.2) is 0 Å². The van der Waals surface area contributed by atoms with Crippen LogP contribution in [0.1, 0.15) is 28.4 Å². The minimum atomic E-state index is -0.714. The average molecular weight is 400 g/mol. The molecule has 1 atom stereocenters. The van der Waals surface area contributed by atoms with Gasteiger partial charge in [0.1, 0.15) is 11.9 Å². The predicted molar refractivity (Wildman–Crippen MR) is 88.4 cm³/mol. The number of benzene rings is 2. The van der Waals surface area contributed by atoms with Crippen molar-refractivity contribution in [2.75, 3.05) is 7.11 Å². The summed E-state index contributed by atoms with van der Waals surface area (Å²) >= 11 is 6.94. The summed E-state index contributed by atoms with van der Waals surface area (Å²) in [5, 5.41) is 10.7. The van der Waals surface area contributed by atoms with E-state index in [0.29, 0.717) is 0 Å². The quantitative estimate of drug-likeness (QED) is 0.793. The maximum absolute atomic E-state index is 10.7. The minimum absolute atomic E-state index is 0.714. The fraction of sp³-hybridized carbons (Fsp3) is 0.250. The minimum Gasteiger partial charge on any atom is -0.496 e. The van der Waals surface area contributed by atoms with Gasteiger partial charge in [-0.2, -0.15) is 0 Å². The smallest absolute Gasteiger partial charge is 0.128 e. The van der Waals surface area contributed by atoms with Crippen molar-refractivity contribution in [3.05, 3.63) is 61.5 Å². The Bertz CT molecular complexity index is 621. The number of aliphatic hydroxyl groups excluding tert-OH is 1. The van der Waals surface area contributed by atoms with Gasteiger partial charge in [0, 0.05) is 14.5 Å². The maximum atomic E-state index is 10.7. The van der Waals surface area contributed by atoms with E-state index in [4.69, 9.17) is 4.74 Å². The van der Waals surface area contributed by atoms with E-state index in [-0.39, 0.29) is 0 Å². The van der Waals surface area contributed by atoms with Crippen molar-refractivity contribution in [1.29, 1.82) is 0 Å². The molecule has 2 aromatic carbocycles. The van der Waals surface area contributed by atoms with E-state index >= 15 is 0 Å². The Morgan fingerprint density at radius 1 is 1.10 bits per heavy atom. The summed E-state index contributed by atoms with van der Waals surface area (Å²) in [6.45, 7) is 3.95. The zero-order valence-electron chi connectivity index (χ0n) is 11.6. The van der Waals surface area contributed by atoms with Crippen molar-refractivity contribution in [3.8, 4) is 5.75 Å². The van der Waals surface area contributed by atoms with Crippen LogP contribution in [0.15, 0.2) is 39.3 Å². The first kappa shape index (κ1) is 15.5. The van der Waals surface area contributed by atoms with Gasteiger partial charge >= 0.3 is 0 Å². The zero-order chi connectivity index (χ0) is 14.9. The summed E-state index contributed by atoms with van der Waals surface area (Å²) in [7, 11) is 1.63. The maximum Gasteiger partial charge on any atom is 0.128 e. The van der Waals surface area contributed by atoms with Crippen LogP contribution in [0, 0.1) is 13.8 Å². The van der Waals surface area contributed by atoms with Gasteiger partial charge in [-0.3, -0.25) is 0 Å². The van der Waals surface area contributed by atoms with Crippen LogP contribution >= 0.6 is 31.9 Å². The zero-order valence-corrected chi connectivity index (χ0v) is 14.7. The lowest BCUT2D eigenvalue weighted by Crippen LogP contribution is -2.06. The Balaban J connectivity index is 2.58. The normalized spacial score (nSPS) is 12.3. The van der Waals surface area contributed by atoms with Crippen molar-refractivity contribution in [2.24, 2.45) is 0 Å². The van der Waals surface area contributed by atoms with Gasteiger partial charge in [0.25, 0.3) is 0 Å². The van der Waals surface area contributed by atoms with Gasteiger partial charge in [0.15, 0.2) is 0 Å². The van der Waals surface area contributed by atoms with E-state index in [9.17, 15) is 5.11 Å². The van der Waals surface area contributed by atoms with Crippen LogP contribution in [0.5, 0.6) is 5.75 Å². The van der Waals surface area contributed by atoms with Crippen LogP contribution in [0.25, 0.3) is 0 Å². The molecule has 0 saturated carbocycles. The third-order valence-corrected chi connectivity index (χ3v) is 4.72. The summed E-state index contributed by atoms with van der Waals surface area (Å²) < 4.78 is 7.45. The van der Waals surface area contributed by atoms with E-state index < -0.39 is 6.10 Å². The molecule has 106 valence electrons. The molecule has 0 heterocycles. The van der Waals surface area contributed by atoms with Gasteiger partial charge in [0.2, 0.25) is 0 Å². The number of halogens is 2. The van der Waals surface area contributed by atoms with E-state index in [1.807, 2.05) is 44.2 Å². The molecule has 1 unspecified atom stereocenters. The van der Waals surface area contributed by atoms with Gasteiger partial charge in [-0.05, 0) is 48.7 Å². The Labute approximate surface area is 136 Å². The molecular weight excluding hydrogens is 384 g/mol. The molecule has 1 N–H and O–H groups in total. The van der Waals surface area contributed by atoms with Crippen LogP contribution in [-0.2, 0) is 0 Å². The summed E-state index contributed by atoms with van der Waals surface area (Å²) in [4.78, 5) is 0. The van der Waals surface area contributed by atoms with Gasteiger partial charge < -0.3 is 9.84 Å². The molecule has 0 fully saturated rings.